The molecule has 34 heavy (non-hydrogen) atoms. The van der Waals surface area contributed by atoms with Crippen LogP contribution < -0.4 is 21.3 Å². The van der Waals surface area contributed by atoms with E-state index >= 15 is 0 Å². The first kappa shape index (κ1) is 25.0. The molecule has 0 radical (unpaired) electrons. The largest absolute Gasteiger partial charge is 0.477 e. The van der Waals surface area contributed by atoms with Gasteiger partial charge in [-0.05, 0) is 20.4 Å². The number of carboxylic acid groups (broad SMARTS) is 1. The summed E-state index contributed by atoms with van der Waals surface area (Å²) in [6, 6.07) is -0.959. The smallest absolute Gasteiger partial charge is 0.353 e. The van der Waals surface area contributed by atoms with Crippen LogP contribution in [-0.4, -0.2) is 108 Å². The molecule has 0 aliphatic carbocycles. The molecule has 0 saturated carbocycles. The maximum absolute atomic E-state index is 13.0. The number of carbonyl (C=O) groups is 4. The van der Waals surface area contributed by atoms with Gasteiger partial charge >= 0.3 is 5.97 Å². The van der Waals surface area contributed by atoms with E-state index < -0.39 is 17.9 Å². The van der Waals surface area contributed by atoms with Gasteiger partial charge in [-0.2, -0.15) is 0 Å². The summed E-state index contributed by atoms with van der Waals surface area (Å²) in [6.07, 6.45) is 0.620. The maximum Gasteiger partial charge on any atom is 0.353 e. The van der Waals surface area contributed by atoms with Crippen LogP contribution in [0.2, 0.25) is 0 Å². The van der Waals surface area contributed by atoms with Crippen LogP contribution in [0.5, 0.6) is 0 Å². The first-order valence-corrected chi connectivity index (χ1v) is 12.8. The van der Waals surface area contributed by atoms with Gasteiger partial charge in [-0.1, -0.05) is 6.92 Å². The number of amides is 3. The molecule has 11 nitrogen and oxygen atoms in total. The number of hydrogen-bond donors (Lipinski definition) is 5. The zero-order chi connectivity index (χ0) is 24.6. The molecule has 0 spiro atoms. The molecular formula is C22H34N6O5S. The summed E-state index contributed by atoms with van der Waals surface area (Å²) in [6.45, 7) is 7.48. The quantitative estimate of drug-likeness (QED) is 0.252. The fourth-order valence-electron chi connectivity index (χ4n) is 5.52. The lowest BCUT2D eigenvalue weighted by Gasteiger charge is -2.47. The van der Waals surface area contributed by atoms with Gasteiger partial charge in [-0.15, -0.1) is 11.8 Å². The second-order valence-electron chi connectivity index (χ2n) is 9.43. The molecule has 4 aliphatic rings. The summed E-state index contributed by atoms with van der Waals surface area (Å²) in [7, 11) is 1.67. The number of carboxylic acids is 1. The topological polar surface area (TPSA) is 143 Å². The summed E-state index contributed by atoms with van der Waals surface area (Å²) in [5.74, 6) is -2.11. The summed E-state index contributed by atoms with van der Waals surface area (Å²) in [5.41, 5.74) is 0.0504. The van der Waals surface area contributed by atoms with Crippen LogP contribution in [0.3, 0.4) is 0 Å². The van der Waals surface area contributed by atoms with Crippen LogP contribution >= 0.6 is 11.8 Å². The predicted molar refractivity (Wildman–Crippen MR) is 127 cm³/mol. The number of hydrogen-bond acceptors (Lipinski definition) is 8. The number of nitrogens with zero attached hydrogens (tertiary/aromatic N) is 2. The number of aliphatic carboxylic acids is 1. The molecule has 3 amide bonds. The molecule has 0 aromatic heterocycles. The minimum absolute atomic E-state index is 0.0451. The van der Waals surface area contributed by atoms with Gasteiger partial charge < -0.3 is 36.2 Å². The minimum atomic E-state index is -1.12. The molecule has 3 fully saturated rings. The Morgan fingerprint density at radius 1 is 1.26 bits per heavy atom. The third kappa shape index (κ3) is 4.56. The highest BCUT2D eigenvalue weighted by Crippen LogP contribution is 2.51. The number of fused-ring (bicyclic) bond motifs is 1. The molecule has 5 N–H and O–H groups in total. The van der Waals surface area contributed by atoms with Gasteiger partial charge in [0.25, 0.3) is 0 Å². The molecule has 6 atom stereocenters. The van der Waals surface area contributed by atoms with Crippen molar-refractivity contribution in [2.75, 3.05) is 46.3 Å². The number of β-lactam (4-membered cyclic amide) rings is 1. The lowest BCUT2D eigenvalue weighted by Crippen LogP contribution is -2.66. The van der Waals surface area contributed by atoms with E-state index in [1.165, 1.54) is 16.7 Å². The number of piperazine rings is 1. The van der Waals surface area contributed by atoms with Gasteiger partial charge in [0.05, 0.1) is 24.5 Å². The van der Waals surface area contributed by atoms with E-state index in [4.69, 9.17) is 0 Å². The van der Waals surface area contributed by atoms with Crippen molar-refractivity contribution >= 4 is 35.5 Å². The van der Waals surface area contributed by atoms with Crippen molar-refractivity contribution < 1.29 is 24.3 Å². The molecule has 3 saturated heterocycles. The fraction of sp³-hybridized carbons (Fsp3) is 0.727. The second-order valence-corrected chi connectivity index (χ2v) is 10.8. The fourth-order valence-corrected chi connectivity index (χ4v) is 7.00. The molecule has 0 unspecified atom stereocenters. The van der Waals surface area contributed by atoms with Crippen LogP contribution in [-0.2, 0) is 19.2 Å². The van der Waals surface area contributed by atoms with E-state index in [1.807, 2.05) is 11.8 Å². The Balaban J connectivity index is 1.43. The van der Waals surface area contributed by atoms with Crippen LogP contribution in [0.15, 0.2) is 10.6 Å². The van der Waals surface area contributed by atoms with Crippen molar-refractivity contribution in [2.24, 2.45) is 11.8 Å². The Kier molecular flexibility index (Phi) is 7.51. The van der Waals surface area contributed by atoms with Gasteiger partial charge in [-0.3, -0.25) is 14.4 Å². The third-order valence-electron chi connectivity index (χ3n) is 7.17. The standard InChI is InChI=1S/C22H34N6O5S/c1-11-17-16(12(2)26-15(29)10-23-3)21(31)28(17)18(22(32)33)19(11)34-13-8-14(25-9-13)20(30)27-6-4-24-5-7-27/h11-14,16-17,23-25H,4-10H2,1-3H3,(H,26,29)(H,32,33)/t11-,12-,13+,14+,16-,17-/m1/s1. The first-order valence-electron chi connectivity index (χ1n) is 11.9. The molecule has 0 aromatic rings. The van der Waals surface area contributed by atoms with Crippen molar-refractivity contribution in [1.29, 1.82) is 0 Å². The van der Waals surface area contributed by atoms with Crippen molar-refractivity contribution in [3.63, 3.8) is 0 Å². The van der Waals surface area contributed by atoms with E-state index in [-0.39, 0.29) is 53.2 Å². The number of likely N-dealkylation sites (N-methyl/N-ethyl adjacent to an activating group) is 1. The lowest BCUT2D eigenvalue weighted by molar-refractivity contribution is -0.158. The van der Waals surface area contributed by atoms with Gasteiger partial charge in [0.2, 0.25) is 17.7 Å². The van der Waals surface area contributed by atoms with E-state index in [9.17, 15) is 24.3 Å². The molecule has 0 aromatic carbocycles. The zero-order valence-corrected chi connectivity index (χ0v) is 20.6. The Morgan fingerprint density at radius 2 is 1.97 bits per heavy atom. The van der Waals surface area contributed by atoms with Crippen LogP contribution in [0.25, 0.3) is 0 Å². The van der Waals surface area contributed by atoms with E-state index in [0.717, 1.165) is 13.1 Å². The minimum Gasteiger partial charge on any atom is -0.477 e. The summed E-state index contributed by atoms with van der Waals surface area (Å²) in [4.78, 5) is 53.9. The maximum atomic E-state index is 13.0. The van der Waals surface area contributed by atoms with Gasteiger partial charge in [0, 0.05) is 54.8 Å². The Labute approximate surface area is 203 Å². The molecular weight excluding hydrogens is 460 g/mol. The summed E-state index contributed by atoms with van der Waals surface area (Å²) >= 11 is 1.47. The van der Waals surface area contributed by atoms with Gasteiger partial charge in [0.1, 0.15) is 5.70 Å². The third-order valence-corrected chi connectivity index (χ3v) is 8.68. The normalized spacial score (nSPS) is 31.9. The van der Waals surface area contributed by atoms with Crippen molar-refractivity contribution in [3.8, 4) is 0 Å². The first-order chi connectivity index (χ1) is 16.2. The lowest BCUT2D eigenvalue weighted by atomic mass is 9.78. The summed E-state index contributed by atoms with van der Waals surface area (Å²) in [5, 5.41) is 22.2. The van der Waals surface area contributed by atoms with Gasteiger partial charge in [0.15, 0.2) is 0 Å². The van der Waals surface area contributed by atoms with Crippen LogP contribution in [0.1, 0.15) is 20.3 Å². The Bertz CT molecular complexity index is 891. The average Bonchev–Trinajstić information content (AvgIpc) is 3.36. The number of thioether (sulfide) groups is 1. The molecule has 4 heterocycles. The number of rotatable bonds is 8. The van der Waals surface area contributed by atoms with E-state index in [2.05, 4.69) is 21.3 Å². The molecule has 12 heteroatoms. The van der Waals surface area contributed by atoms with Crippen LogP contribution in [0.4, 0.5) is 0 Å². The molecule has 188 valence electrons. The van der Waals surface area contributed by atoms with E-state index in [0.29, 0.717) is 31.0 Å². The number of nitrogens with one attached hydrogen (secondary N) is 4. The van der Waals surface area contributed by atoms with E-state index in [1.54, 1.807) is 14.0 Å². The Morgan fingerprint density at radius 3 is 2.62 bits per heavy atom. The van der Waals surface area contributed by atoms with Gasteiger partial charge in [-0.25, -0.2) is 4.79 Å². The highest BCUT2D eigenvalue weighted by molar-refractivity contribution is 8.03. The van der Waals surface area contributed by atoms with Crippen LogP contribution in [0, 0.1) is 11.8 Å². The second kappa shape index (κ2) is 10.2. The molecule has 4 rings (SSSR count). The average molecular weight is 495 g/mol. The molecule has 0 bridgehead atoms. The van der Waals surface area contributed by atoms with Crippen molar-refractivity contribution in [2.45, 2.75) is 43.6 Å². The Hall–Kier alpha value is -2.15. The SMILES string of the molecule is CNCC(=O)N[C@H](C)[C@H]1C(=O)N2C(C(=O)O)=C(S[C@@H]3CN[C@H](C(=O)N4CCNCC4)C3)[C@H](C)[C@H]12. The highest BCUT2D eigenvalue weighted by atomic mass is 32.2. The number of carbonyl (C=O) groups excluding carboxylic acids is 3. The monoisotopic (exact) mass is 494 g/mol. The zero-order valence-electron chi connectivity index (χ0n) is 19.8. The summed E-state index contributed by atoms with van der Waals surface area (Å²) < 4.78 is 0. The van der Waals surface area contributed by atoms with Crippen molar-refractivity contribution in [1.82, 2.24) is 31.1 Å². The predicted octanol–water partition coefficient (Wildman–Crippen LogP) is -1.62. The molecule has 4 aliphatic heterocycles. The highest BCUT2D eigenvalue weighted by Gasteiger charge is 2.60. The van der Waals surface area contributed by atoms with Crippen molar-refractivity contribution in [3.05, 3.63) is 10.6 Å².